The fourth-order valence-electron chi connectivity index (χ4n) is 5.31. The minimum absolute atomic E-state index is 0.129. The molecule has 6 heteroatoms. The van der Waals surface area contributed by atoms with Crippen LogP contribution < -0.4 is 9.47 Å². The van der Waals surface area contributed by atoms with Crippen molar-refractivity contribution < 1.29 is 19.0 Å². The highest BCUT2D eigenvalue weighted by Gasteiger charge is 2.43. The van der Waals surface area contributed by atoms with Crippen LogP contribution in [0.2, 0.25) is 0 Å². The first-order valence-corrected chi connectivity index (χ1v) is 11.8. The van der Waals surface area contributed by atoms with Gasteiger partial charge in [0.15, 0.2) is 11.5 Å². The van der Waals surface area contributed by atoms with E-state index in [-0.39, 0.29) is 17.6 Å². The molecule has 6 nitrogen and oxygen atoms in total. The van der Waals surface area contributed by atoms with E-state index in [2.05, 4.69) is 42.2 Å². The van der Waals surface area contributed by atoms with Crippen LogP contribution in [0.3, 0.4) is 0 Å². The maximum absolute atomic E-state index is 12.7. The Morgan fingerprint density at radius 1 is 1.12 bits per heavy atom. The number of rotatable bonds is 2. The summed E-state index contributed by atoms with van der Waals surface area (Å²) in [5.41, 5.74) is 4.05. The average Bonchev–Trinajstić information content (AvgIpc) is 3.40. The molecule has 0 N–H and O–H groups in total. The van der Waals surface area contributed by atoms with E-state index in [1.165, 1.54) is 0 Å². The van der Waals surface area contributed by atoms with Gasteiger partial charge in [0.05, 0.1) is 5.52 Å². The molecule has 1 atom stereocenters. The maximum atomic E-state index is 12.7. The van der Waals surface area contributed by atoms with Gasteiger partial charge in [-0.3, -0.25) is 9.78 Å². The van der Waals surface area contributed by atoms with Crippen molar-refractivity contribution in [3.63, 3.8) is 0 Å². The van der Waals surface area contributed by atoms with E-state index in [9.17, 15) is 4.79 Å². The number of fused-ring (bicyclic) bond motifs is 2. The summed E-state index contributed by atoms with van der Waals surface area (Å²) >= 11 is 0. The van der Waals surface area contributed by atoms with Crippen LogP contribution in [0.1, 0.15) is 31.2 Å². The van der Waals surface area contributed by atoms with E-state index in [1.54, 1.807) is 0 Å². The Hall–Kier alpha value is -3.12. The third kappa shape index (κ3) is 3.62. The molecule has 3 aliphatic rings. The van der Waals surface area contributed by atoms with E-state index >= 15 is 0 Å². The summed E-state index contributed by atoms with van der Waals surface area (Å²) in [5.74, 6) is 1.68. The van der Waals surface area contributed by atoms with Crippen molar-refractivity contribution in [2.45, 2.75) is 44.3 Å². The van der Waals surface area contributed by atoms with Gasteiger partial charge in [0.2, 0.25) is 0 Å². The molecule has 3 aliphatic heterocycles. The van der Waals surface area contributed by atoms with Crippen LogP contribution in [0.4, 0.5) is 0 Å². The van der Waals surface area contributed by atoms with Crippen molar-refractivity contribution in [2.75, 3.05) is 26.3 Å². The highest BCUT2D eigenvalue weighted by molar-refractivity contribution is 5.88. The summed E-state index contributed by atoms with van der Waals surface area (Å²) in [4.78, 5) is 19.2. The standard InChI is InChI=1S/C27H28N2O4/c1-18-21(8-6-19-4-2-12-28-25(18)19)20-7-9-22-24(16-20)32-17-27(33-22)10-13-29(14-11-27)26(30)23-5-3-15-31-23/h2,4,6-9,12,16,23H,3,5,10-11,13-15,17H2,1H3/t23-/m1/s1. The lowest BCUT2D eigenvalue weighted by atomic mass is 9.90. The van der Waals surface area contributed by atoms with Gasteiger partial charge in [-0.15, -0.1) is 0 Å². The Kier molecular flexibility index (Phi) is 4.98. The lowest BCUT2D eigenvalue weighted by molar-refractivity contribution is -0.145. The van der Waals surface area contributed by atoms with Crippen molar-refractivity contribution in [2.24, 2.45) is 0 Å². The number of ether oxygens (including phenoxy) is 3. The Morgan fingerprint density at radius 3 is 2.82 bits per heavy atom. The molecular formula is C27H28N2O4. The molecule has 1 amide bonds. The second kappa shape index (κ2) is 8.03. The molecule has 0 unspecified atom stereocenters. The molecule has 2 aromatic carbocycles. The zero-order valence-electron chi connectivity index (χ0n) is 18.9. The van der Waals surface area contributed by atoms with Gasteiger partial charge < -0.3 is 19.1 Å². The van der Waals surface area contributed by atoms with Gasteiger partial charge in [0.1, 0.15) is 18.3 Å². The van der Waals surface area contributed by atoms with E-state index in [0.29, 0.717) is 26.3 Å². The highest BCUT2D eigenvalue weighted by atomic mass is 16.6. The minimum Gasteiger partial charge on any atom is -0.486 e. The zero-order chi connectivity index (χ0) is 22.4. The Morgan fingerprint density at radius 2 is 2.00 bits per heavy atom. The molecule has 2 fully saturated rings. The number of carbonyl (C=O) groups excluding carboxylic acids is 1. The normalized spacial score (nSPS) is 21.5. The number of aromatic nitrogens is 1. The van der Waals surface area contributed by atoms with E-state index in [1.807, 2.05) is 23.2 Å². The van der Waals surface area contributed by atoms with Gasteiger partial charge in [-0.2, -0.15) is 0 Å². The second-order valence-corrected chi connectivity index (χ2v) is 9.38. The molecule has 0 radical (unpaired) electrons. The fraction of sp³-hybridized carbons (Fsp3) is 0.407. The monoisotopic (exact) mass is 444 g/mol. The number of hydrogen-bond acceptors (Lipinski definition) is 5. The fourth-order valence-corrected chi connectivity index (χ4v) is 5.31. The Bertz CT molecular complexity index is 1210. The minimum atomic E-state index is -0.370. The van der Waals surface area contributed by atoms with Gasteiger partial charge in [-0.1, -0.05) is 24.3 Å². The summed E-state index contributed by atoms with van der Waals surface area (Å²) < 4.78 is 18.3. The molecule has 2 saturated heterocycles. The van der Waals surface area contributed by atoms with Crippen LogP contribution in [0.5, 0.6) is 11.5 Å². The van der Waals surface area contributed by atoms with Gasteiger partial charge >= 0.3 is 0 Å². The van der Waals surface area contributed by atoms with Crippen LogP contribution in [0, 0.1) is 6.92 Å². The van der Waals surface area contributed by atoms with Gasteiger partial charge in [-0.05, 0) is 54.7 Å². The van der Waals surface area contributed by atoms with Crippen LogP contribution in [0.15, 0.2) is 48.7 Å². The van der Waals surface area contributed by atoms with Gasteiger partial charge in [-0.25, -0.2) is 0 Å². The first-order valence-electron chi connectivity index (χ1n) is 11.8. The molecular weight excluding hydrogens is 416 g/mol. The summed E-state index contributed by atoms with van der Waals surface area (Å²) in [6, 6.07) is 14.5. The Balaban J connectivity index is 1.19. The summed E-state index contributed by atoms with van der Waals surface area (Å²) in [7, 11) is 0. The van der Waals surface area contributed by atoms with Gasteiger partial charge in [0, 0.05) is 44.1 Å². The summed E-state index contributed by atoms with van der Waals surface area (Å²) in [5, 5.41) is 1.14. The molecule has 4 heterocycles. The number of piperidine rings is 1. The molecule has 170 valence electrons. The predicted molar refractivity (Wildman–Crippen MR) is 126 cm³/mol. The Labute approximate surface area is 193 Å². The van der Waals surface area contributed by atoms with Crippen LogP contribution in [0.25, 0.3) is 22.0 Å². The van der Waals surface area contributed by atoms with Crippen LogP contribution in [-0.2, 0) is 9.53 Å². The van der Waals surface area contributed by atoms with Crippen molar-refractivity contribution in [3.8, 4) is 22.6 Å². The molecule has 0 aliphatic carbocycles. The molecule has 33 heavy (non-hydrogen) atoms. The zero-order valence-corrected chi connectivity index (χ0v) is 18.9. The highest BCUT2D eigenvalue weighted by Crippen LogP contribution is 2.42. The first kappa shape index (κ1) is 20.5. The molecule has 0 saturated carbocycles. The molecule has 1 spiro atoms. The van der Waals surface area contributed by atoms with E-state index < -0.39 is 0 Å². The molecule has 3 aromatic rings. The summed E-state index contributed by atoms with van der Waals surface area (Å²) in [6.07, 6.45) is 4.92. The number of hydrogen-bond donors (Lipinski definition) is 0. The van der Waals surface area contributed by atoms with E-state index in [4.69, 9.17) is 14.2 Å². The lowest BCUT2D eigenvalue weighted by Crippen LogP contribution is -2.55. The second-order valence-electron chi connectivity index (χ2n) is 9.38. The first-order chi connectivity index (χ1) is 16.1. The van der Waals surface area contributed by atoms with Crippen LogP contribution in [-0.4, -0.2) is 53.8 Å². The number of amides is 1. The number of pyridine rings is 1. The van der Waals surface area contributed by atoms with E-state index in [0.717, 1.165) is 64.8 Å². The number of aryl methyl sites for hydroxylation is 1. The van der Waals surface area contributed by atoms with Crippen molar-refractivity contribution in [3.05, 3.63) is 54.2 Å². The predicted octanol–water partition coefficient (Wildman–Crippen LogP) is 4.52. The number of likely N-dealkylation sites (tertiary alicyclic amines) is 1. The third-order valence-electron chi connectivity index (χ3n) is 7.29. The molecule has 0 bridgehead atoms. The van der Waals surface area contributed by atoms with Crippen molar-refractivity contribution in [1.82, 2.24) is 9.88 Å². The topological polar surface area (TPSA) is 60.9 Å². The van der Waals surface area contributed by atoms with Crippen molar-refractivity contribution >= 4 is 16.8 Å². The third-order valence-corrected chi connectivity index (χ3v) is 7.29. The number of carbonyl (C=O) groups is 1. The average molecular weight is 445 g/mol. The lowest BCUT2D eigenvalue weighted by Gasteiger charge is -2.44. The molecule has 1 aromatic heterocycles. The molecule has 6 rings (SSSR count). The number of nitrogens with zero attached hydrogens (tertiary/aromatic N) is 2. The largest absolute Gasteiger partial charge is 0.486 e. The quantitative estimate of drug-likeness (QED) is 0.582. The van der Waals surface area contributed by atoms with Gasteiger partial charge in [0.25, 0.3) is 5.91 Å². The number of benzene rings is 2. The maximum Gasteiger partial charge on any atom is 0.251 e. The SMILES string of the molecule is Cc1c(-c2ccc3c(c2)OCC2(CCN(C(=O)[C@H]4CCCO4)CC2)O3)ccc2cccnc12. The summed E-state index contributed by atoms with van der Waals surface area (Å²) in [6.45, 7) is 4.67. The smallest absolute Gasteiger partial charge is 0.251 e. The van der Waals surface area contributed by atoms with Crippen LogP contribution >= 0.6 is 0 Å². The van der Waals surface area contributed by atoms with Crippen molar-refractivity contribution in [1.29, 1.82) is 0 Å².